The summed E-state index contributed by atoms with van der Waals surface area (Å²) >= 11 is 0. The number of nitrogens with two attached hydrogens (primary N) is 1. The number of likely N-dealkylation sites (N-methyl/N-ethyl adjacent to an activating group) is 1. The zero-order valence-corrected chi connectivity index (χ0v) is 15.6. The van der Waals surface area contributed by atoms with Crippen LogP contribution >= 0.6 is 0 Å². The molecule has 0 aliphatic carbocycles. The first-order valence-corrected chi connectivity index (χ1v) is 8.23. The molecule has 27 heavy (non-hydrogen) atoms. The monoisotopic (exact) mass is 372 g/mol. The first kappa shape index (κ1) is 20.3. The molecule has 1 heterocycles. The number of nitrogens with one attached hydrogen (secondary N) is 2. The zero-order valence-electron chi connectivity index (χ0n) is 15.6. The molecule has 0 bridgehead atoms. The minimum atomic E-state index is -0.604. The van der Waals surface area contributed by atoms with E-state index in [1.165, 1.54) is 13.8 Å². The fourth-order valence-corrected chi connectivity index (χ4v) is 2.17. The number of hydrogen-bond acceptors (Lipinski definition) is 8. The van der Waals surface area contributed by atoms with Crippen molar-refractivity contribution in [1.29, 1.82) is 0 Å². The van der Waals surface area contributed by atoms with Crippen molar-refractivity contribution in [2.24, 2.45) is 0 Å². The average Bonchev–Trinajstić information content (AvgIpc) is 2.62. The van der Waals surface area contributed by atoms with Gasteiger partial charge in [0.2, 0.25) is 0 Å². The van der Waals surface area contributed by atoms with E-state index in [2.05, 4.69) is 15.6 Å². The predicted molar refractivity (Wildman–Crippen MR) is 105 cm³/mol. The number of carbonyl (C=O) groups is 1. The highest BCUT2D eigenvalue weighted by Gasteiger charge is 2.08. The summed E-state index contributed by atoms with van der Waals surface area (Å²) in [5.74, 6) is 1.39. The molecule has 0 saturated carbocycles. The lowest BCUT2D eigenvalue weighted by atomic mass is 10.2. The molecule has 143 valence electrons. The van der Waals surface area contributed by atoms with E-state index in [0.29, 0.717) is 29.5 Å². The van der Waals surface area contributed by atoms with Crippen LogP contribution in [0.25, 0.3) is 0 Å². The van der Waals surface area contributed by atoms with Gasteiger partial charge in [0.25, 0.3) is 0 Å². The van der Waals surface area contributed by atoms with Crippen molar-refractivity contribution < 1.29 is 18.9 Å². The molecule has 0 fully saturated rings. The summed E-state index contributed by atoms with van der Waals surface area (Å²) in [5, 5.41) is 5.54. The number of carbonyl (C=O) groups excluding carboxylic acids is 1. The third kappa shape index (κ3) is 6.68. The van der Waals surface area contributed by atoms with Crippen molar-refractivity contribution in [2.45, 2.75) is 0 Å². The van der Waals surface area contributed by atoms with Crippen LogP contribution in [0, 0.1) is 0 Å². The van der Waals surface area contributed by atoms with Gasteiger partial charge in [-0.05, 0) is 25.2 Å². The van der Waals surface area contributed by atoms with Gasteiger partial charge in [0.1, 0.15) is 23.9 Å². The van der Waals surface area contributed by atoms with Gasteiger partial charge in [-0.1, -0.05) is 0 Å². The first-order valence-electron chi connectivity index (χ1n) is 8.23. The second-order valence-electron chi connectivity index (χ2n) is 5.56. The standard InChI is InChI=1S/C17H23BN5O4/c1-20-15-5-4-12(10-14(15)19)27-13-6-7-21-16(11-13)22-17(24)26-9-8-23(2)18-25-3/h4-7,10-11,20H,8-9,19H2,1-3H3,(H,21,22,24). The SMILES string of the molecule is CNc1ccc(Oc2ccnc(NC(=O)OCCN(C)[B]OC)c2)cc1N. The Bertz CT molecular complexity index is 762. The maximum Gasteiger partial charge on any atom is 0.412 e. The number of anilines is 3. The van der Waals surface area contributed by atoms with Gasteiger partial charge in [0.05, 0.1) is 11.4 Å². The van der Waals surface area contributed by atoms with Crippen molar-refractivity contribution in [1.82, 2.24) is 9.79 Å². The van der Waals surface area contributed by atoms with E-state index in [4.69, 9.17) is 19.9 Å². The summed E-state index contributed by atoms with van der Waals surface area (Å²) in [6.45, 7) is 0.706. The van der Waals surface area contributed by atoms with E-state index in [-0.39, 0.29) is 6.61 Å². The molecule has 4 N–H and O–H groups in total. The highest BCUT2D eigenvalue weighted by Crippen LogP contribution is 2.28. The topological polar surface area (TPSA) is 111 Å². The van der Waals surface area contributed by atoms with Crippen molar-refractivity contribution in [3.8, 4) is 11.5 Å². The van der Waals surface area contributed by atoms with Crippen molar-refractivity contribution in [3.63, 3.8) is 0 Å². The van der Waals surface area contributed by atoms with Crippen LogP contribution in [0.2, 0.25) is 0 Å². The van der Waals surface area contributed by atoms with Crippen LogP contribution in [0.1, 0.15) is 0 Å². The summed E-state index contributed by atoms with van der Waals surface area (Å²) in [5.41, 5.74) is 7.31. The van der Waals surface area contributed by atoms with Gasteiger partial charge in [-0.15, -0.1) is 0 Å². The number of ether oxygens (including phenoxy) is 2. The van der Waals surface area contributed by atoms with E-state index >= 15 is 0 Å². The number of hydrogen-bond donors (Lipinski definition) is 3. The van der Waals surface area contributed by atoms with Crippen molar-refractivity contribution in [3.05, 3.63) is 36.5 Å². The molecular weight excluding hydrogens is 349 g/mol. The fraction of sp³-hybridized carbons (Fsp3) is 0.294. The summed E-state index contributed by atoms with van der Waals surface area (Å²) < 4.78 is 15.7. The molecule has 1 aromatic heterocycles. The lowest BCUT2D eigenvalue weighted by Gasteiger charge is -2.13. The number of rotatable bonds is 9. The van der Waals surface area contributed by atoms with Gasteiger partial charge in [-0.25, -0.2) is 9.78 Å². The average molecular weight is 372 g/mol. The summed E-state index contributed by atoms with van der Waals surface area (Å²) in [6.07, 6.45) is 0.922. The highest BCUT2D eigenvalue weighted by atomic mass is 16.5. The van der Waals surface area contributed by atoms with Crippen LogP contribution < -0.4 is 21.1 Å². The Morgan fingerprint density at radius 1 is 1.30 bits per heavy atom. The van der Waals surface area contributed by atoms with Crippen LogP contribution in [0.15, 0.2) is 36.5 Å². The van der Waals surface area contributed by atoms with Crippen LogP contribution in [-0.2, 0) is 9.39 Å². The Morgan fingerprint density at radius 3 is 2.78 bits per heavy atom. The highest BCUT2D eigenvalue weighted by molar-refractivity contribution is 6.23. The second kappa shape index (κ2) is 10.2. The Kier molecular flexibility index (Phi) is 7.71. The minimum Gasteiger partial charge on any atom is -0.457 e. The molecule has 2 aromatic rings. The minimum absolute atomic E-state index is 0.204. The van der Waals surface area contributed by atoms with E-state index in [1.54, 1.807) is 43.2 Å². The number of nitrogen functional groups attached to an aromatic ring is 1. The van der Waals surface area contributed by atoms with Gasteiger partial charge in [0.15, 0.2) is 0 Å². The molecule has 0 atom stereocenters. The third-order valence-corrected chi connectivity index (χ3v) is 3.45. The molecule has 0 saturated heterocycles. The Morgan fingerprint density at radius 2 is 2.07 bits per heavy atom. The Balaban J connectivity index is 1.89. The van der Waals surface area contributed by atoms with Crippen LogP contribution in [0.5, 0.6) is 11.5 Å². The number of amides is 1. The summed E-state index contributed by atoms with van der Waals surface area (Å²) in [6, 6.07) is 8.58. The second-order valence-corrected chi connectivity index (χ2v) is 5.56. The van der Waals surface area contributed by atoms with Gasteiger partial charge >= 0.3 is 13.7 Å². The summed E-state index contributed by atoms with van der Waals surface area (Å²) in [4.78, 5) is 17.7. The van der Waals surface area contributed by atoms with Gasteiger partial charge < -0.3 is 30.0 Å². The molecule has 1 radical (unpaired) electrons. The van der Waals surface area contributed by atoms with Gasteiger partial charge in [-0.3, -0.25) is 5.32 Å². The first-order chi connectivity index (χ1) is 13.0. The normalized spacial score (nSPS) is 10.4. The molecule has 0 unspecified atom stereocenters. The van der Waals surface area contributed by atoms with Crippen molar-refractivity contribution in [2.75, 3.05) is 50.7 Å². The maximum absolute atomic E-state index is 11.8. The maximum atomic E-state index is 11.8. The number of nitrogens with zero attached hydrogens (tertiary/aromatic N) is 2. The zero-order chi connectivity index (χ0) is 19.6. The number of aromatic nitrogens is 1. The lowest BCUT2D eigenvalue weighted by Crippen LogP contribution is -2.29. The number of pyridine rings is 1. The third-order valence-electron chi connectivity index (χ3n) is 3.45. The quantitative estimate of drug-likeness (QED) is 0.454. The Hall–Kier alpha value is -2.98. The van der Waals surface area contributed by atoms with E-state index in [0.717, 1.165) is 5.69 Å². The molecule has 2 rings (SSSR count). The Labute approximate surface area is 159 Å². The smallest absolute Gasteiger partial charge is 0.412 e. The van der Waals surface area contributed by atoms with Gasteiger partial charge in [-0.2, -0.15) is 0 Å². The van der Waals surface area contributed by atoms with Crippen LogP contribution in [0.3, 0.4) is 0 Å². The molecule has 1 aromatic carbocycles. The number of benzene rings is 1. The molecule has 0 aliphatic rings. The summed E-state index contributed by atoms with van der Waals surface area (Å²) in [7, 11) is 6.68. The largest absolute Gasteiger partial charge is 0.457 e. The van der Waals surface area contributed by atoms with E-state index in [9.17, 15) is 4.79 Å². The molecule has 1 amide bonds. The van der Waals surface area contributed by atoms with Crippen molar-refractivity contribution >= 4 is 30.9 Å². The fourth-order valence-electron chi connectivity index (χ4n) is 2.17. The van der Waals surface area contributed by atoms with Crippen LogP contribution in [0.4, 0.5) is 22.0 Å². The predicted octanol–water partition coefficient (Wildman–Crippen LogP) is 2.16. The lowest BCUT2D eigenvalue weighted by molar-refractivity contribution is 0.155. The molecule has 9 nitrogen and oxygen atoms in total. The molecule has 10 heteroatoms. The van der Waals surface area contributed by atoms with Gasteiger partial charge in [0, 0.05) is 39.0 Å². The molecule has 0 aliphatic heterocycles. The van der Waals surface area contributed by atoms with E-state index < -0.39 is 6.09 Å². The van der Waals surface area contributed by atoms with Crippen LogP contribution in [-0.4, -0.2) is 57.9 Å². The van der Waals surface area contributed by atoms with E-state index in [1.807, 2.05) is 13.1 Å². The molecule has 0 spiro atoms. The molecular formula is C17H23BN5O4.